The molecule has 10 heteroatoms. The monoisotopic (exact) mass is 533 g/mol. The third-order valence-electron chi connectivity index (χ3n) is 8.03. The normalized spacial score (nSPS) is 21.3. The van der Waals surface area contributed by atoms with Gasteiger partial charge in [-0.05, 0) is 36.8 Å². The zero-order chi connectivity index (χ0) is 25.6. The lowest BCUT2D eigenvalue weighted by Crippen LogP contribution is -2.45. The van der Waals surface area contributed by atoms with Crippen LogP contribution in [0.4, 0.5) is 15.9 Å². The molecule has 2 aromatic heterocycles. The first-order valence-corrected chi connectivity index (χ1v) is 13.6. The SMILES string of the molecule is Fc1ccc2cccc(N3CCc4c(nc(OC5CCC5n5ccnc5)nc4N4CCNCC4)C3)c2c1Cl. The number of rotatable bonds is 5. The quantitative estimate of drug-likeness (QED) is 0.408. The van der Waals surface area contributed by atoms with Gasteiger partial charge in [0, 0.05) is 61.8 Å². The molecule has 8 nitrogen and oxygen atoms in total. The zero-order valence-corrected chi connectivity index (χ0v) is 21.7. The Morgan fingerprint density at radius 1 is 1.03 bits per heavy atom. The Morgan fingerprint density at radius 3 is 2.71 bits per heavy atom. The lowest BCUT2D eigenvalue weighted by Gasteiger charge is -2.38. The molecule has 7 rings (SSSR count). The van der Waals surface area contributed by atoms with Gasteiger partial charge in [0.15, 0.2) is 0 Å². The second kappa shape index (κ2) is 9.71. The summed E-state index contributed by atoms with van der Waals surface area (Å²) in [5.41, 5.74) is 3.05. The van der Waals surface area contributed by atoms with Crippen LogP contribution in [0.15, 0.2) is 49.1 Å². The van der Waals surface area contributed by atoms with Crippen LogP contribution in [-0.4, -0.2) is 58.3 Å². The Morgan fingerprint density at radius 2 is 1.92 bits per heavy atom. The summed E-state index contributed by atoms with van der Waals surface area (Å²) in [4.78, 5) is 18.7. The van der Waals surface area contributed by atoms with Crippen LogP contribution >= 0.6 is 11.6 Å². The van der Waals surface area contributed by atoms with E-state index in [1.807, 2.05) is 30.7 Å². The Kier molecular flexibility index (Phi) is 6.05. The number of aromatic nitrogens is 4. The third kappa shape index (κ3) is 4.14. The van der Waals surface area contributed by atoms with E-state index in [-0.39, 0.29) is 17.2 Å². The van der Waals surface area contributed by atoms with Gasteiger partial charge in [-0.25, -0.2) is 9.37 Å². The van der Waals surface area contributed by atoms with Crippen LogP contribution in [-0.2, 0) is 13.0 Å². The summed E-state index contributed by atoms with van der Waals surface area (Å²) in [5, 5.41) is 5.25. The minimum atomic E-state index is -0.407. The molecule has 2 aromatic carbocycles. The molecule has 4 heterocycles. The lowest BCUT2D eigenvalue weighted by atomic mass is 9.89. The Bertz CT molecular complexity index is 1470. The van der Waals surface area contributed by atoms with Gasteiger partial charge < -0.3 is 24.4 Å². The second-order valence-electron chi connectivity index (χ2n) is 10.2. The Hall–Kier alpha value is -3.43. The largest absolute Gasteiger partial charge is 0.458 e. The van der Waals surface area contributed by atoms with Gasteiger partial charge >= 0.3 is 6.01 Å². The van der Waals surface area contributed by atoms with E-state index in [9.17, 15) is 4.39 Å². The van der Waals surface area contributed by atoms with Crippen molar-refractivity contribution in [2.45, 2.75) is 38.0 Å². The first kappa shape index (κ1) is 23.7. The van der Waals surface area contributed by atoms with Gasteiger partial charge in [-0.3, -0.25) is 0 Å². The van der Waals surface area contributed by atoms with Crippen LogP contribution in [0.2, 0.25) is 5.02 Å². The molecule has 1 saturated carbocycles. The summed E-state index contributed by atoms with van der Waals surface area (Å²) in [6.45, 7) is 4.98. The number of benzene rings is 2. The van der Waals surface area contributed by atoms with E-state index in [0.29, 0.717) is 12.6 Å². The van der Waals surface area contributed by atoms with Crippen molar-refractivity contribution >= 4 is 33.9 Å². The topological polar surface area (TPSA) is 71.3 Å². The number of ether oxygens (including phenoxy) is 1. The van der Waals surface area contributed by atoms with Crippen LogP contribution in [0.25, 0.3) is 10.8 Å². The minimum Gasteiger partial charge on any atom is -0.458 e. The van der Waals surface area contributed by atoms with Gasteiger partial charge in [-0.1, -0.05) is 29.8 Å². The maximum Gasteiger partial charge on any atom is 0.319 e. The van der Waals surface area contributed by atoms with Crippen molar-refractivity contribution in [3.05, 3.63) is 71.2 Å². The number of fused-ring (bicyclic) bond motifs is 2. The number of imidazole rings is 1. The van der Waals surface area contributed by atoms with Crippen molar-refractivity contribution in [1.29, 1.82) is 0 Å². The van der Waals surface area contributed by atoms with Gasteiger partial charge in [0.25, 0.3) is 0 Å². The molecule has 0 amide bonds. The summed E-state index contributed by atoms with van der Waals surface area (Å²) in [7, 11) is 0. The van der Waals surface area contributed by atoms with Crippen LogP contribution in [0.1, 0.15) is 30.1 Å². The second-order valence-corrected chi connectivity index (χ2v) is 10.6. The van der Waals surface area contributed by atoms with Crippen molar-refractivity contribution in [3.8, 4) is 6.01 Å². The molecule has 1 N–H and O–H groups in total. The molecule has 1 aliphatic carbocycles. The fraction of sp³-hybridized carbons (Fsp3) is 0.393. The van der Waals surface area contributed by atoms with Gasteiger partial charge in [0.05, 0.1) is 29.6 Å². The first-order chi connectivity index (χ1) is 18.7. The molecule has 2 unspecified atom stereocenters. The molecule has 0 bridgehead atoms. The molecule has 2 aliphatic heterocycles. The number of anilines is 2. The van der Waals surface area contributed by atoms with E-state index in [0.717, 1.165) is 80.0 Å². The van der Waals surface area contributed by atoms with E-state index in [4.69, 9.17) is 26.3 Å². The van der Waals surface area contributed by atoms with Crippen LogP contribution in [0, 0.1) is 5.82 Å². The minimum absolute atomic E-state index is 0.0117. The fourth-order valence-corrected chi connectivity index (χ4v) is 6.14. The average molecular weight is 534 g/mol. The number of piperazine rings is 1. The molecule has 0 spiro atoms. The fourth-order valence-electron chi connectivity index (χ4n) is 5.87. The summed E-state index contributed by atoms with van der Waals surface area (Å²) in [5.74, 6) is 0.572. The van der Waals surface area contributed by atoms with Gasteiger partial charge in [-0.2, -0.15) is 9.97 Å². The van der Waals surface area contributed by atoms with E-state index < -0.39 is 5.82 Å². The van der Waals surface area contributed by atoms with E-state index in [1.165, 1.54) is 11.6 Å². The van der Waals surface area contributed by atoms with Crippen molar-refractivity contribution in [2.75, 3.05) is 42.5 Å². The number of halogens is 2. The summed E-state index contributed by atoms with van der Waals surface area (Å²) in [6.07, 6.45) is 8.43. The van der Waals surface area contributed by atoms with Gasteiger partial charge in [0.2, 0.25) is 0 Å². The first-order valence-electron chi connectivity index (χ1n) is 13.3. The highest BCUT2D eigenvalue weighted by Gasteiger charge is 2.36. The molecular formula is C28H29ClFN7O. The number of hydrogen-bond acceptors (Lipinski definition) is 7. The molecule has 2 atom stereocenters. The Labute approximate surface area is 225 Å². The Balaban J connectivity index is 1.24. The highest BCUT2D eigenvalue weighted by atomic mass is 35.5. The van der Waals surface area contributed by atoms with Crippen molar-refractivity contribution < 1.29 is 9.13 Å². The summed E-state index contributed by atoms with van der Waals surface area (Å²) >= 11 is 6.47. The van der Waals surface area contributed by atoms with Crippen molar-refractivity contribution in [2.24, 2.45) is 0 Å². The summed E-state index contributed by atoms with van der Waals surface area (Å²) < 4.78 is 23.0. The maximum absolute atomic E-state index is 14.4. The predicted octanol–water partition coefficient (Wildman–Crippen LogP) is 4.37. The number of hydrogen-bond donors (Lipinski definition) is 1. The van der Waals surface area contributed by atoms with Crippen LogP contribution in [0.5, 0.6) is 6.01 Å². The molecule has 1 saturated heterocycles. The maximum atomic E-state index is 14.4. The molecule has 4 aromatic rings. The zero-order valence-electron chi connectivity index (χ0n) is 21.0. The highest BCUT2D eigenvalue weighted by Crippen LogP contribution is 2.39. The van der Waals surface area contributed by atoms with E-state index in [1.54, 1.807) is 12.3 Å². The molecule has 3 aliphatic rings. The highest BCUT2D eigenvalue weighted by molar-refractivity contribution is 6.36. The molecule has 0 radical (unpaired) electrons. The van der Waals surface area contributed by atoms with E-state index in [2.05, 4.69) is 24.7 Å². The predicted molar refractivity (Wildman–Crippen MR) is 146 cm³/mol. The smallest absolute Gasteiger partial charge is 0.319 e. The molecule has 2 fully saturated rings. The molecular weight excluding hydrogens is 505 g/mol. The van der Waals surface area contributed by atoms with Crippen LogP contribution < -0.4 is 19.9 Å². The van der Waals surface area contributed by atoms with Gasteiger partial charge in [-0.15, -0.1) is 0 Å². The van der Waals surface area contributed by atoms with E-state index >= 15 is 0 Å². The molecule has 38 heavy (non-hydrogen) atoms. The van der Waals surface area contributed by atoms with Crippen LogP contribution in [0.3, 0.4) is 0 Å². The molecule has 196 valence electrons. The lowest BCUT2D eigenvalue weighted by molar-refractivity contribution is 0.0453. The average Bonchev–Trinajstić information content (AvgIpc) is 3.46. The third-order valence-corrected chi connectivity index (χ3v) is 8.40. The van der Waals surface area contributed by atoms with Gasteiger partial charge in [0.1, 0.15) is 17.7 Å². The standard InChI is InChI=1S/C28H29ClFN7O/c29-26-20(30)5-4-18-2-1-3-23(25(18)26)36-12-8-19-21(16-36)33-28(34-27(19)35-13-9-31-10-14-35)38-24-7-6-22(24)37-15-11-32-17-37/h1-5,11,15,17,22,24,31H,6-10,12-14,16H2. The summed E-state index contributed by atoms with van der Waals surface area (Å²) in [6, 6.07) is 9.85. The number of nitrogens with one attached hydrogen (secondary N) is 1. The number of nitrogens with zero attached hydrogens (tertiary/aromatic N) is 6. The van der Waals surface area contributed by atoms with Crippen molar-refractivity contribution in [1.82, 2.24) is 24.8 Å². The van der Waals surface area contributed by atoms with Crippen molar-refractivity contribution in [3.63, 3.8) is 0 Å².